The van der Waals surface area contributed by atoms with Crippen LogP contribution in [-0.4, -0.2) is 54.0 Å². The molecule has 5 rings (SSSR count). The first-order valence-electron chi connectivity index (χ1n) is 11.8. The second kappa shape index (κ2) is 10.1. The first kappa shape index (κ1) is 23.4. The molecule has 2 heterocycles. The number of fused-ring (bicyclic) bond motifs is 1. The molecule has 1 saturated heterocycles. The standard InChI is InChI=1S/C28H27FN6O/c1-3-26(36)31-21-8-4-6-19(16-21)23-9-5-7-20-18-30-28(33-27(20)23)32-22-10-11-25(24(29)17-22)35-14-12-34(2)13-15-35/h3-11,16-18H,1,12-15H2,2H3,(H,31,36)(H,30,32,33). The van der Waals surface area contributed by atoms with Gasteiger partial charge in [-0.2, -0.15) is 0 Å². The molecule has 2 N–H and O–H groups in total. The minimum Gasteiger partial charge on any atom is -0.367 e. The smallest absolute Gasteiger partial charge is 0.247 e. The van der Waals surface area contributed by atoms with Gasteiger partial charge in [0.05, 0.1) is 11.2 Å². The van der Waals surface area contributed by atoms with Crippen molar-refractivity contribution in [3.05, 3.63) is 85.3 Å². The molecule has 1 amide bonds. The van der Waals surface area contributed by atoms with Crippen molar-refractivity contribution in [2.75, 3.05) is 48.8 Å². The lowest BCUT2D eigenvalue weighted by Crippen LogP contribution is -2.44. The maximum absolute atomic E-state index is 15.0. The van der Waals surface area contributed by atoms with Crippen LogP contribution in [0, 0.1) is 5.82 Å². The summed E-state index contributed by atoms with van der Waals surface area (Å²) in [5, 5.41) is 6.80. The second-order valence-corrected chi connectivity index (χ2v) is 8.79. The molecule has 8 heteroatoms. The summed E-state index contributed by atoms with van der Waals surface area (Å²) < 4.78 is 15.0. The van der Waals surface area contributed by atoms with Gasteiger partial charge in [-0.05, 0) is 49.0 Å². The summed E-state index contributed by atoms with van der Waals surface area (Å²) in [6.45, 7) is 6.92. The predicted molar refractivity (Wildman–Crippen MR) is 143 cm³/mol. The van der Waals surface area contributed by atoms with Crippen LogP contribution in [-0.2, 0) is 4.79 Å². The van der Waals surface area contributed by atoms with Gasteiger partial charge in [-0.15, -0.1) is 0 Å². The molecule has 0 radical (unpaired) electrons. The lowest BCUT2D eigenvalue weighted by atomic mass is 10.0. The van der Waals surface area contributed by atoms with E-state index in [2.05, 4.69) is 39.0 Å². The highest BCUT2D eigenvalue weighted by atomic mass is 19.1. The number of hydrogen-bond acceptors (Lipinski definition) is 6. The normalized spacial score (nSPS) is 14.0. The Hall–Kier alpha value is -4.30. The Morgan fingerprint density at radius 3 is 2.61 bits per heavy atom. The molecule has 7 nitrogen and oxygen atoms in total. The van der Waals surface area contributed by atoms with Crippen LogP contribution >= 0.6 is 0 Å². The molecule has 0 saturated carbocycles. The fourth-order valence-electron chi connectivity index (χ4n) is 4.32. The van der Waals surface area contributed by atoms with E-state index in [0.717, 1.165) is 48.2 Å². The number of nitrogens with one attached hydrogen (secondary N) is 2. The van der Waals surface area contributed by atoms with Gasteiger partial charge in [-0.25, -0.2) is 14.4 Å². The fraction of sp³-hybridized carbons (Fsp3) is 0.179. The Kier molecular flexibility index (Phi) is 6.60. The number of benzene rings is 3. The van der Waals surface area contributed by atoms with Crippen LogP contribution in [0.5, 0.6) is 0 Å². The van der Waals surface area contributed by atoms with Crippen LogP contribution in [0.3, 0.4) is 0 Å². The molecule has 1 aliphatic heterocycles. The van der Waals surface area contributed by atoms with Crippen molar-refractivity contribution in [2.45, 2.75) is 0 Å². The molecule has 1 aromatic heterocycles. The quantitative estimate of drug-likeness (QED) is 0.375. The molecule has 0 spiro atoms. The third-order valence-electron chi connectivity index (χ3n) is 6.29. The number of anilines is 4. The summed E-state index contributed by atoms with van der Waals surface area (Å²) in [5.41, 5.74) is 4.39. The predicted octanol–water partition coefficient (Wildman–Crippen LogP) is 5.06. The van der Waals surface area contributed by atoms with Gasteiger partial charge in [0.15, 0.2) is 0 Å². The Labute approximate surface area is 209 Å². The van der Waals surface area contributed by atoms with E-state index in [1.165, 1.54) is 12.1 Å². The highest BCUT2D eigenvalue weighted by molar-refractivity contribution is 6.00. The first-order chi connectivity index (χ1) is 17.5. The number of carbonyl (C=O) groups is 1. The molecular formula is C28H27FN6O. The van der Waals surface area contributed by atoms with Crippen molar-refractivity contribution in [1.82, 2.24) is 14.9 Å². The number of nitrogens with zero attached hydrogens (tertiary/aromatic N) is 4. The van der Waals surface area contributed by atoms with Gasteiger partial charge in [-0.1, -0.05) is 36.9 Å². The van der Waals surface area contributed by atoms with Gasteiger partial charge in [0.2, 0.25) is 11.9 Å². The summed E-state index contributed by atoms with van der Waals surface area (Å²) in [4.78, 5) is 25.2. The average Bonchev–Trinajstić information content (AvgIpc) is 2.89. The zero-order valence-corrected chi connectivity index (χ0v) is 20.0. The average molecular weight is 483 g/mol. The number of likely N-dealkylation sites (N-methyl/N-ethyl adjacent to an activating group) is 1. The molecule has 0 atom stereocenters. The monoisotopic (exact) mass is 482 g/mol. The van der Waals surface area contributed by atoms with E-state index in [4.69, 9.17) is 4.98 Å². The number of hydrogen-bond donors (Lipinski definition) is 2. The van der Waals surface area contributed by atoms with E-state index < -0.39 is 0 Å². The van der Waals surface area contributed by atoms with Gasteiger partial charge in [-0.3, -0.25) is 4.79 Å². The molecule has 1 aliphatic rings. The first-order valence-corrected chi connectivity index (χ1v) is 11.8. The molecule has 0 bridgehead atoms. The molecule has 182 valence electrons. The summed E-state index contributed by atoms with van der Waals surface area (Å²) in [6, 6.07) is 18.5. The maximum Gasteiger partial charge on any atom is 0.247 e. The molecule has 4 aromatic rings. The van der Waals surface area contributed by atoms with Gasteiger partial charge >= 0.3 is 0 Å². The lowest BCUT2D eigenvalue weighted by Gasteiger charge is -2.34. The van der Waals surface area contributed by atoms with Crippen LogP contribution in [0.4, 0.5) is 27.4 Å². The zero-order chi connectivity index (χ0) is 25.1. The number of para-hydroxylation sites is 1. The SMILES string of the molecule is C=CC(=O)Nc1cccc(-c2cccc3cnc(Nc4ccc(N5CCN(C)CC5)c(F)c4)nc23)c1. The van der Waals surface area contributed by atoms with Gasteiger partial charge in [0.1, 0.15) is 5.82 Å². The van der Waals surface area contributed by atoms with Crippen molar-refractivity contribution in [2.24, 2.45) is 0 Å². The molecule has 0 unspecified atom stereocenters. The number of halogens is 1. The van der Waals surface area contributed by atoms with Crippen LogP contribution in [0.25, 0.3) is 22.0 Å². The molecular weight excluding hydrogens is 455 g/mol. The van der Waals surface area contributed by atoms with E-state index >= 15 is 0 Å². The van der Waals surface area contributed by atoms with Gasteiger partial charge in [0.25, 0.3) is 0 Å². The minimum atomic E-state index is -0.274. The Bertz CT molecular complexity index is 1430. The van der Waals surface area contributed by atoms with Crippen molar-refractivity contribution in [3.8, 4) is 11.1 Å². The third kappa shape index (κ3) is 5.04. The van der Waals surface area contributed by atoms with E-state index in [1.54, 1.807) is 12.3 Å². The zero-order valence-electron chi connectivity index (χ0n) is 20.0. The summed E-state index contributed by atoms with van der Waals surface area (Å²) >= 11 is 0. The van der Waals surface area contributed by atoms with Crippen molar-refractivity contribution in [3.63, 3.8) is 0 Å². The summed E-state index contributed by atoms with van der Waals surface area (Å²) in [5.74, 6) is -0.174. The fourth-order valence-corrected chi connectivity index (χ4v) is 4.32. The molecule has 0 aliphatic carbocycles. The van der Waals surface area contributed by atoms with E-state index in [0.29, 0.717) is 23.0 Å². The molecule has 1 fully saturated rings. The van der Waals surface area contributed by atoms with Crippen LogP contribution < -0.4 is 15.5 Å². The van der Waals surface area contributed by atoms with E-state index in [9.17, 15) is 9.18 Å². The van der Waals surface area contributed by atoms with Crippen LogP contribution in [0.2, 0.25) is 0 Å². The Balaban J connectivity index is 1.42. The van der Waals surface area contributed by atoms with Crippen molar-refractivity contribution < 1.29 is 9.18 Å². The highest BCUT2D eigenvalue weighted by Gasteiger charge is 2.18. The summed E-state index contributed by atoms with van der Waals surface area (Å²) in [6.07, 6.45) is 2.97. The highest BCUT2D eigenvalue weighted by Crippen LogP contribution is 2.30. The third-order valence-corrected chi connectivity index (χ3v) is 6.29. The van der Waals surface area contributed by atoms with Crippen LogP contribution in [0.15, 0.2) is 79.5 Å². The van der Waals surface area contributed by atoms with Gasteiger partial charge in [0, 0.05) is 54.7 Å². The Morgan fingerprint density at radius 2 is 1.83 bits per heavy atom. The van der Waals surface area contributed by atoms with E-state index in [1.807, 2.05) is 48.5 Å². The topological polar surface area (TPSA) is 73.4 Å². The minimum absolute atomic E-state index is 0.273. The maximum atomic E-state index is 15.0. The number of aromatic nitrogens is 2. The number of piperazine rings is 1. The Morgan fingerprint density at radius 1 is 1.03 bits per heavy atom. The largest absolute Gasteiger partial charge is 0.367 e. The second-order valence-electron chi connectivity index (χ2n) is 8.79. The lowest BCUT2D eigenvalue weighted by molar-refractivity contribution is -0.111. The molecule has 3 aromatic carbocycles. The summed E-state index contributed by atoms with van der Waals surface area (Å²) in [7, 11) is 2.08. The number of carbonyl (C=O) groups excluding carboxylic acids is 1. The number of amides is 1. The van der Waals surface area contributed by atoms with Crippen LogP contribution in [0.1, 0.15) is 0 Å². The molecule has 36 heavy (non-hydrogen) atoms. The van der Waals surface area contributed by atoms with Crippen molar-refractivity contribution in [1.29, 1.82) is 0 Å². The van der Waals surface area contributed by atoms with Crippen molar-refractivity contribution >= 4 is 39.8 Å². The number of rotatable bonds is 6. The van der Waals surface area contributed by atoms with E-state index in [-0.39, 0.29) is 11.7 Å². The van der Waals surface area contributed by atoms with Gasteiger partial charge < -0.3 is 20.4 Å².